The van der Waals surface area contributed by atoms with Gasteiger partial charge in [-0.3, -0.25) is 4.79 Å². The fraction of sp³-hybridized carbons (Fsp3) is 0.818. The molecule has 98 valence electrons. The molecule has 17 heavy (non-hydrogen) atoms. The van der Waals surface area contributed by atoms with Crippen LogP contribution in [0.15, 0.2) is 0 Å². The van der Waals surface area contributed by atoms with Gasteiger partial charge in [-0.1, -0.05) is 0 Å². The molecule has 1 rings (SSSR count). The zero-order chi connectivity index (χ0) is 12.9. The molecule has 0 spiro atoms. The third kappa shape index (κ3) is 4.20. The van der Waals surface area contributed by atoms with E-state index in [1.54, 1.807) is 6.92 Å². The summed E-state index contributed by atoms with van der Waals surface area (Å²) < 4.78 is 19.0. The van der Waals surface area contributed by atoms with Crippen molar-refractivity contribution in [2.75, 3.05) is 19.7 Å². The van der Waals surface area contributed by atoms with E-state index in [1.807, 2.05) is 0 Å². The van der Waals surface area contributed by atoms with Crippen LogP contribution in [0.4, 0.5) is 9.18 Å². The second kappa shape index (κ2) is 5.84. The van der Waals surface area contributed by atoms with Crippen molar-refractivity contribution in [2.45, 2.75) is 38.3 Å². The first-order valence-electron chi connectivity index (χ1n) is 5.79. The molecule has 0 aliphatic carbocycles. The third-order valence-corrected chi connectivity index (χ3v) is 2.88. The van der Waals surface area contributed by atoms with Gasteiger partial charge in [0.15, 0.2) is 0 Å². The number of amides is 1. The first kappa shape index (κ1) is 13.7. The van der Waals surface area contributed by atoms with Crippen molar-refractivity contribution < 1.29 is 23.8 Å². The normalized spacial score (nSPS) is 24.5. The Balaban J connectivity index is 2.44. The van der Waals surface area contributed by atoms with Gasteiger partial charge in [-0.15, -0.1) is 0 Å². The number of piperidine rings is 1. The molecule has 1 fully saturated rings. The van der Waals surface area contributed by atoms with Crippen LogP contribution >= 0.6 is 0 Å². The molecule has 1 aliphatic rings. The number of rotatable bonds is 4. The maximum Gasteiger partial charge on any atom is 0.407 e. The van der Waals surface area contributed by atoms with Crippen LogP contribution in [-0.4, -0.2) is 47.4 Å². The van der Waals surface area contributed by atoms with Crippen molar-refractivity contribution in [3.05, 3.63) is 0 Å². The molecule has 0 radical (unpaired) electrons. The van der Waals surface area contributed by atoms with Gasteiger partial charge >= 0.3 is 12.1 Å². The van der Waals surface area contributed by atoms with Crippen molar-refractivity contribution in [2.24, 2.45) is 0 Å². The number of hydrogen-bond acceptors (Lipinski definition) is 3. The van der Waals surface area contributed by atoms with Crippen LogP contribution in [0.2, 0.25) is 0 Å². The monoisotopic (exact) mass is 247 g/mol. The van der Waals surface area contributed by atoms with Crippen molar-refractivity contribution in [3.63, 3.8) is 0 Å². The molecule has 5 nitrogen and oxygen atoms in total. The number of esters is 1. The van der Waals surface area contributed by atoms with Gasteiger partial charge in [0.25, 0.3) is 0 Å². The van der Waals surface area contributed by atoms with Crippen molar-refractivity contribution in [1.29, 1.82) is 0 Å². The summed E-state index contributed by atoms with van der Waals surface area (Å²) >= 11 is 0. The van der Waals surface area contributed by atoms with Crippen LogP contribution in [0.5, 0.6) is 0 Å². The Morgan fingerprint density at radius 1 is 1.53 bits per heavy atom. The number of ether oxygens (including phenoxy) is 1. The van der Waals surface area contributed by atoms with Gasteiger partial charge in [0.1, 0.15) is 5.67 Å². The van der Waals surface area contributed by atoms with E-state index in [2.05, 4.69) is 0 Å². The van der Waals surface area contributed by atoms with Crippen molar-refractivity contribution >= 4 is 12.1 Å². The Labute approximate surface area is 99.5 Å². The smallest absolute Gasteiger partial charge is 0.407 e. The Hall–Kier alpha value is -1.33. The van der Waals surface area contributed by atoms with Gasteiger partial charge in [-0.25, -0.2) is 9.18 Å². The molecular formula is C11H18FNO4. The van der Waals surface area contributed by atoms with Crippen molar-refractivity contribution in [3.8, 4) is 0 Å². The van der Waals surface area contributed by atoms with Crippen LogP contribution in [0.1, 0.15) is 32.6 Å². The molecule has 0 aromatic rings. The molecule has 1 saturated heterocycles. The van der Waals surface area contributed by atoms with Crippen LogP contribution in [0, 0.1) is 0 Å². The maximum atomic E-state index is 14.3. The summed E-state index contributed by atoms with van der Waals surface area (Å²) in [6.45, 7) is 2.18. The minimum absolute atomic E-state index is 0.00218. The lowest BCUT2D eigenvalue weighted by molar-refractivity contribution is -0.144. The van der Waals surface area contributed by atoms with E-state index in [-0.39, 0.29) is 26.0 Å². The summed E-state index contributed by atoms with van der Waals surface area (Å²) in [5, 5.41) is 8.80. The molecule has 1 atom stereocenters. The number of likely N-dealkylation sites (tertiary alicyclic amines) is 1. The molecule has 1 N–H and O–H groups in total. The standard InChI is InChI=1S/C11H18FNO4/c1-2-17-9(14)4-6-11(12)5-3-7-13(8-11)10(15)16/h2-8H2,1H3,(H,15,16). The van der Waals surface area contributed by atoms with E-state index >= 15 is 0 Å². The molecule has 0 saturated carbocycles. The molecule has 1 heterocycles. The average Bonchev–Trinajstić information content (AvgIpc) is 2.27. The van der Waals surface area contributed by atoms with Crippen LogP contribution < -0.4 is 0 Å². The summed E-state index contributed by atoms with van der Waals surface area (Å²) in [6.07, 6.45) is -0.294. The number of nitrogens with zero attached hydrogens (tertiary/aromatic N) is 1. The Morgan fingerprint density at radius 3 is 2.82 bits per heavy atom. The second-order valence-electron chi connectivity index (χ2n) is 4.26. The van der Waals surface area contributed by atoms with E-state index in [4.69, 9.17) is 9.84 Å². The molecule has 1 aliphatic heterocycles. The highest BCUT2D eigenvalue weighted by Gasteiger charge is 2.37. The van der Waals surface area contributed by atoms with E-state index in [1.165, 1.54) is 0 Å². The highest BCUT2D eigenvalue weighted by molar-refractivity contribution is 5.69. The third-order valence-electron chi connectivity index (χ3n) is 2.88. The van der Waals surface area contributed by atoms with Gasteiger partial charge in [0, 0.05) is 13.0 Å². The molecule has 0 aromatic heterocycles. The fourth-order valence-corrected chi connectivity index (χ4v) is 2.01. The average molecular weight is 247 g/mol. The lowest BCUT2D eigenvalue weighted by Gasteiger charge is -2.35. The highest BCUT2D eigenvalue weighted by Crippen LogP contribution is 2.30. The van der Waals surface area contributed by atoms with E-state index < -0.39 is 17.7 Å². The summed E-state index contributed by atoms with van der Waals surface area (Å²) in [4.78, 5) is 22.9. The summed E-state index contributed by atoms with van der Waals surface area (Å²) in [5.74, 6) is -0.433. The maximum absolute atomic E-state index is 14.3. The predicted octanol–water partition coefficient (Wildman–Crippen LogP) is 1.81. The lowest BCUT2D eigenvalue weighted by Crippen LogP contribution is -2.47. The second-order valence-corrected chi connectivity index (χ2v) is 4.26. The minimum Gasteiger partial charge on any atom is -0.466 e. The SMILES string of the molecule is CCOC(=O)CCC1(F)CCCN(C(=O)O)C1. The number of alkyl halides is 1. The summed E-state index contributed by atoms with van der Waals surface area (Å²) in [5.41, 5.74) is -1.59. The van der Waals surface area contributed by atoms with Gasteiger partial charge < -0.3 is 14.7 Å². The number of carbonyl (C=O) groups excluding carboxylic acids is 1. The highest BCUT2D eigenvalue weighted by atomic mass is 19.1. The number of carbonyl (C=O) groups is 2. The fourth-order valence-electron chi connectivity index (χ4n) is 2.01. The summed E-state index contributed by atoms with van der Waals surface area (Å²) in [7, 11) is 0. The zero-order valence-corrected chi connectivity index (χ0v) is 9.95. The molecular weight excluding hydrogens is 229 g/mol. The number of carboxylic acid groups (broad SMARTS) is 1. The zero-order valence-electron chi connectivity index (χ0n) is 9.95. The quantitative estimate of drug-likeness (QED) is 0.769. The van der Waals surface area contributed by atoms with E-state index in [9.17, 15) is 14.0 Å². The number of hydrogen-bond donors (Lipinski definition) is 1. The van der Waals surface area contributed by atoms with Gasteiger partial charge in [0.2, 0.25) is 0 Å². The Morgan fingerprint density at radius 2 is 2.24 bits per heavy atom. The Kier molecular flexibility index (Phi) is 4.72. The lowest BCUT2D eigenvalue weighted by atomic mass is 9.90. The van der Waals surface area contributed by atoms with Gasteiger partial charge in [-0.05, 0) is 26.2 Å². The van der Waals surface area contributed by atoms with E-state index in [0.29, 0.717) is 19.4 Å². The van der Waals surface area contributed by atoms with Gasteiger partial charge in [0.05, 0.1) is 13.2 Å². The van der Waals surface area contributed by atoms with Crippen LogP contribution in [-0.2, 0) is 9.53 Å². The first-order valence-corrected chi connectivity index (χ1v) is 5.79. The first-order chi connectivity index (χ1) is 7.97. The van der Waals surface area contributed by atoms with Crippen LogP contribution in [0.3, 0.4) is 0 Å². The molecule has 1 unspecified atom stereocenters. The largest absolute Gasteiger partial charge is 0.466 e. The summed E-state index contributed by atoms with van der Waals surface area (Å²) in [6, 6.07) is 0. The Bertz CT molecular complexity index is 297. The van der Waals surface area contributed by atoms with Crippen LogP contribution in [0.25, 0.3) is 0 Å². The van der Waals surface area contributed by atoms with Crippen molar-refractivity contribution in [1.82, 2.24) is 4.90 Å². The minimum atomic E-state index is -1.59. The molecule has 6 heteroatoms. The molecule has 1 amide bonds. The predicted molar refractivity (Wildman–Crippen MR) is 58.5 cm³/mol. The molecule has 0 bridgehead atoms. The van der Waals surface area contributed by atoms with Gasteiger partial charge in [-0.2, -0.15) is 0 Å². The topological polar surface area (TPSA) is 66.8 Å². The molecule has 0 aromatic carbocycles. The van der Waals surface area contributed by atoms with E-state index in [0.717, 1.165) is 4.90 Å². The number of halogens is 1.